The van der Waals surface area contributed by atoms with E-state index in [2.05, 4.69) is 5.16 Å². The zero-order valence-electron chi connectivity index (χ0n) is 15.2. The lowest BCUT2D eigenvalue weighted by molar-refractivity contribution is -0.134. The Morgan fingerprint density at radius 2 is 1.78 bits per heavy atom. The van der Waals surface area contributed by atoms with E-state index in [4.69, 9.17) is 4.52 Å². The number of aromatic nitrogens is 1. The molecule has 0 radical (unpaired) electrons. The molecule has 0 bridgehead atoms. The van der Waals surface area contributed by atoms with Crippen molar-refractivity contribution < 1.29 is 18.9 Å². The number of carbonyl (C=O) groups excluding carboxylic acids is 3. The van der Waals surface area contributed by atoms with E-state index in [1.54, 1.807) is 11.9 Å². The first-order chi connectivity index (χ1) is 13.0. The molecule has 8 nitrogen and oxygen atoms in total. The van der Waals surface area contributed by atoms with Crippen LogP contribution in [0.3, 0.4) is 0 Å². The molecule has 1 aromatic heterocycles. The number of amides is 4. The second kappa shape index (κ2) is 6.22. The Morgan fingerprint density at radius 3 is 2.37 bits per heavy atom. The number of rotatable bonds is 2. The topological polar surface area (TPSA) is 87.0 Å². The van der Waals surface area contributed by atoms with Gasteiger partial charge in [-0.2, -0.15) is 0 Å². The molecule has 27 heavy (non-hydrogen) atoms. The Bertz CT molecular complexity index is 899. The lowest BCUT2D eigenvalue weighted by Gasteiger charge is -2.40. The van der Waals surface area contributed by atoms with Crippen LogP contribution in [0.4, 0.5) is 4.79 Å². The summed E-state index contributed by atoms with van der Waals surface area (Å²) in [6.45, 7) is 0.769. The smallest absolute Gasteiger partial charge is 0.327 e. The first-order valence-electron chi connectivity index (χ1n) is 8.81. The van der Waals surface area contributed by atoms with Gasteiger partial charge < -0.3 is 14.3 Å². The van der Waals surface area contributed by atoms with Crippen LogP contribution in [0.1, 0.15) is 23.2 Å². The van der Waals surface area contributed by atoms with Crippen LogP contribution in [0.2, 0.25) is 0 Å². The molecule has 0 saturated carbocycles. The molecule has 2 aliphatic heterocycles. The van der Waals surface area contributed by atoms with E-state index in [1.165, 1.54) is 18.1 Å². The summed E-state index contributed by atoms with van der Waals surface area (Å²) in [5.41, 5.74) is 0.334. The summed E-state index contributed by atoms with van der Waals surface area (Å²) in [5.74, 6) is 0.0552. The third kappa shape index (κ3) is 2.51. The van der Waals surface area contributed by atoms with Crippen LogP contribution in [-0.4, -0.2) is 70.4 Å². The van der Waals surface area contributed by atoms with Crippen molar-refractivity contribution in [3.8, 4) is 11.3 Å². The van der Waals surface area contributed by atoms with E-state index < -0.39 is 5.54 Å². The van der Waals surface area contributed by atoms with Gasteiger partial charge in [-0.1, -0.05) is 35.5 Å². The van der Waals surface area contributed by atoms with Crippen LogP contribution in [0, 0.1) is 0 Å². The first-order valence-corrected chi connectivity index (χ1v) is 8.81. The van der Waals surface area contributed by atoms with Crippen LogP contribution in [-0.2, 0) is 4.79 Å². The van der Waals surface area contributed by atoms with Crippen LogP contribution < -0.4 is 0 Å². The van der Waals surface area contributed by atoms with Crippen molar-refractivity contribution in [1.29, 1.82) is 0 Å². The van der Waals surface area contributed by atoms with Crippen molar-refractivity contribution in [1.82, 2.24) is 19.9 Å². The quantitative estimate of drug-likeness (QED) is 0.755. The van der Waals surface area contributed by atoms with Gasteiger partial charge in [-0.3, -0.25) is 14.5 Å². The Hall–Kier alpha value is -3.16. The Kier molecular flexibility index (Phi) is 3.98. The predicted molar refractivity (Wildman–Crippen MR) is 95.7 cm³/mol. The Balaban J connectivity index is 1.53. The van der Waals surface area contributed by atoms with E-state index in [0.717, 1.165) is 10.5 Å². The van der Waals surface area contributed by atoms with Gasteiger partial charge in [0, 0.05) is 32.7 Å². The van der Waals surface area contributed by atoms with E-state index >= 15 is 0 Å². The molecule has 8 heteroatoms. The lowest BCUT2D eigenvalue weighted by Crippen LogP contribution is -2.56. The van der Waals surface area contributed by atoms with Crippen LogP contribution in [0.5, 0.6) is 0 Å². The molecule has 4 rings (SSSR count). The van der Waals surface area contributed by atoms with Crippen molar-refractivity contribution in [3.05, 3.63) is 42.1 Å². The van der Waals surface area contributed by atoms with E-state index in [0.29, 0.717) is 37.3 Å². The van der Waals surface area contributed by atoms with Gasteiger partial charge in [0.05, 0.1) is 6.20 Å². The van der Waals surface area contributed by atoms with Crippen molar-refractivity contribution in [2.45, 2.75) is 18.4 Å². The minimum absolute atomic E-state index is 0.183. The highest BCUT2D eigenvalue weighted by molar-refractivity contribution is 6.07. The summed E-state index contributed by atoms with van der Waals surface area (Å²) >= 11 is 0. The number of likely N-dealkylation sites (tertiary alicyclic amines) is 1. The molecule has 2 aromatic rings. The Morgan fingerprint density at radius 1 is 1.11 bits per heavy atom. The largest absolute Gasteiger partial charge is 0.355 e. The Labute approximate surface area is 156 Å². The molecule has 4 amide bonds. The normalized spacial score (nSPS) is 19.3. The summed E-state index contributed by atoms with van der Waals surface area (Å²) in [4.78, 5) is 42.1. The fraction of sp³-hybridized carbons (Fsp3) is 0.368. The average molecular weight is 368 g/mol. The monoisotopic (exact) mass is 368 g/mol. The third-order valence-electron chi connectivity index (χ3n) is 5.63. The maximum absolute atomic E-state index is 13.0. The van der Waals surface area contributed by atoms with Gasteiger partial charge in [0.2, 0.25) is 0 Å². The molecule has 0 unspecified atom stereocenters. The molecule has 2 saturated heterocycles. The van der Waals surface area contributed by atoms with Gasteiger partial charge >= 0.3 is 6.03 Å². The molecule has 0 aliphatic carbocycles. The number of carbonyl (C=O) groups is 3. The molecule has 0 atom stereocenters. The van der Waals surface area contributed by atoms with Crippen molar-refractivity contribution >= 4 is 17.8 Å². The number of benzene rings is 1. The maximum Gasteiger partial charge on any atom is 0.327 e. The minimum Gasteiger partial charge on any atom is -0.355 e. The molecule has 2 fully saturated rings. The molecule has 0 N–H and O–H groups in total. The highest BCUT2D eigenvalue weighted by atomic mass is 16.5. The van der Waals surface area contributed by atoms with Crippen LogP contribution in [0.15, 0.2) is 41.1 Å². The molecule has 140 valence electrons. The molecule has 1 aromatic carbocycles. The van der Waals surface area contributed by atoms with E-state index in [-0.39, 0.29) is 17.8 Å². The van der Waals surface area contributed by atoms with Gasteiger partial charge in [-0.25, -0.2) is 4.79 Å². The second-order valence-corrected chi connectivity index (χ2v) is 6.96. The molecular formula is C19H20N4O4. The van der Waals surface area contributed by atoms with Crippen molar-refractivity contribution in [2.24, 2.45) is 0 Å². The van der Waals surface area contributed by atoms with Gasteiger partial charge in [0.25, 0.3) is 11.8 Å². The molecular weight excluding hydrogens is 348 g/mol. The predicted octanol–water partition coefficient (Wildman–Crippen LogP) is 1.84. The number of hydrogen-bond acceptors (Lipinski definition) is 5. The summed E-state index contributed by atoms with van der Waals surface area (Å²) < 4.78 is 5.31. The van der Waals surface area contributed by atoms with E-state index in [9.17, 15) is 14.4 Å². The third-order valence-corrected chi connectivity index (χ3v) is 5.63. The van der Waals surface area contributed by atoms with Crippen molar-refractivity contribution in [3.63, 3.8) is 0 Å². The van der Waals surface area contributed by atoms with Gasteiger partial charge in [-0.05, 0) is 12.8 Å². The highest BCUT2D eigenvalue weighted by Crippen LogP contribution is 2.36. The zero-order chi connectivity index (χ0) is 19.2. The number of nitrogens with zero attached hydrogens (tertiary/aromatic N) is 4. The summed E-state index contributed by atoms with van der Waals surface area (Å²) in [7, 11) is 3.14. The summed E-state index contributed by atoms with van der Waals surface area (Å²) in [6.07, 6.45) is 2.26. The van der Waals surface area contributed by atoms with Crippen LogP contribution >= 0.6 is 0 Å². The summed E-state index contributed by atoms with van der Waals surface area (Å²) in [6, 6.07) is 9.04. The summed E-state index contributed by atoms with van der Waals surface area (Å²) in [5, 5.41) is 3.79. The minimum atomic E-state index is -0.848. The van der Waals surface area contributed by atoms with Gasteiger partial charge in [0.1, 0.15) is 11.1 Å². The number of hydrogen-bond donors (Lipinski definition) is 0. The van der Waals surface area contributed by atoms with Crippen molar-refractivity contribution in [2.75, 3.05) is 27.2 Å². The fourth-order valence-corrected chi connectivity index (χ4v) is 3.94. The number of likely N-dealkylation sites (N-methyl/N-ethyl adjacent to an activating group) is 2. The zero-order valence-corrected chi connectivity index (χ0v) is 15.2. The molecule has 3 heterocycles. The number of piperidine rings is 1. The number of urea groups is 1. The first kappa shape index (κ1) is 17.3. The van der Waals surface area contributed by atoms with E-state index in [1.807, 2.05) is 30.3 Å². The second-order valence-electron chi connectivity index (χ2n) is 6.96. The standard InChI is InChI=1S/C19H20N4O4/c1-21-17(25)19(22(2)18(21)26)8-10-23(11-9-19)16(24)14-12-20-27-15(14)13-6-4-3-5-7-13/h3-7,12H,8-11H2,1-2H3. The molecule has 2 aliphatic rings. The SMILES string of the molecule is CN1C(=O)N(C)C2(CCN(C(=O)c3cnoc3-c3ccccc3)CC2)C1=O. The number of imide groups is 1. The fourth-order valence-electron chi connectivity index (χ4n) is 3.94. The highest BCUT2D eigenvalue weighted by Gasteiger charge is 2.55. The van der Waals surface area contributed by atoms with Crippen LogP contribution in [0.25, 0.3) is 11.3 Å². The van der Waals surface area contributed by atoms with Gasteiger partial charge in [-0.15, -0.1) is 0 Å². The van der Waals surface area contributed by atoms with Gasteiger partial charge in [0.15, 0.2) is 5.76 Å². The molecule has 1 spiro atoms. The lowest BCUT2D eigenvalue weighted by atomic mass is 9.86. The average Bonchev–Trinajstić information content (AvgIpc) is 3.26. The maximum atomic E-state index is 13.0.